The standard InChI is InChI=1S/C22H26N4O4S/c1-4-16-11-15(7-8-26(16)22(27)28)24-21-20-17(25-31-21)9-14(12-23-20)13-5-6-18(29-2)19(10-13)30-3/h5-6,9-10,12,15-16,24H,4,7-8,11H2,1-3H3,(H,27,28). The average Bonchev–Trinajstić information content (AvgIpc) is 3.20. The number of nitrogens with one attached hydrogen (secondary N) is 1. The number of hydrogen-bond acceptors (Lipinski definition) is 7. The molecule has 2 N–H and O–H groups in total. The normalized spacial score (nSPS) is 18.7. The van der Waals surface area contributed by atoms with Crippen LogP contribution in [-0.2, 0) is 0 Å². The fourth-order valence-electron chi connectivity index (χ4n) is 4.11. The van der Waals surface area contributed by atoms with E-state index in [-0.39, 0.29) is 12.1 Å². The largest absolute Gasteiger partial charge is 0.493 e. The van der Waals surface area contributed by atoms with Crippen LogP contribution in [0.3, 0.4) is 0 Å². The van der Waals surface area contributed by atoms with Crippen molar-refractivity contribution in [1.82, 2.24) is 14.3 Å². The first-order valence-electron chi connectivity index (χ1n) is 10.3. The zero-order valence-electron chi connectivity index (χ0n) is 17.8. The summed E-state index contributed by atoms with van der Waals surface area (Å²) in [5.74, 6) is 1.35. The van der Waals surface area contributed by atoms with Gasteiger partial charge in [0.25, 0.3) is 0 Å². The summed E-state index contributed by atoms with van der Waals surface area (Å²) >= 11 is 1.39. The van der Waals surface area contributed by atoms with Crippen LogP contribution >= 0.6 is 11.5 Å². The molecular weight excluding hydrogens is 416 g/mol. The minimum Gasteiger partial charge on any atom is -0.493 e. The highest BCUT2D eigenvalue weighted by Gasteiger charge is 2.30. The van der Waals surface area contributed by atoms with E-state index in [1.54, 1.807) is 19.1 Å². The molecule has 4 rings (SSSR count). The molecule has 2 aromatic heterocycles. The van der Waals surface area contributed by atoms with Crippen molar-refractivity contribution in [3.8, 4) is 22.6 Å². The lowest BCUT2D eigenvalue weighted by Crippen LogP contribution is -2.48. The Kier molecular flexibility index (Phi) is 6.13. The summed E-state index contributed by atoms with van der Waals surface area (Å²) < 4.78 is 15.3. The first-order chi connectivity index (χ1) is 15.0. The molecule has 1 aromatic carbocycles. The Morgan fingerprint density at radius 3 is 2.77 bits per heavy atom. The number of benzene rings is 1. The molecule has 0 spiro atoms. The van der Waals surface area contributed by atoms with Gasteiger partial charge in [-0.2, -0.15) is 4.37 Å². The number of hydrogen-bond donors (Lipinski definition) is 2. The second kappa shape index (κ2) is 8.97. The molecule has 164 valence electrons. The summed E-state index contributed by atoms with van der Waals surface area (Å²) in [6.45, 7) is 2.57. The van der Waals surface area contributed by atoms with Crippen LogP contribution in [0.1, 0.15) is 26.2 Å². The van der Waals surface area contributed by atoms with E-state index in [1.165, 1.54) is 11.5 Å². The number of carboxylic acid groups (broad SMARTS) is 1. The van der Waals surface area contributed by atoms with Crippen molar-refractivity contribution in [2.75, 3.05) is 26.1 Å². The fourth-order valence-corrected chi connectivity index (χ4v) is 4.90. The minimum atomic E-state index is -0.835. The number of amides is 1. The highest BCUT2D eigenvalue weighted by atomic mass is 32.1. The Morgan fingerprint density at radius 1 is 1.26 bits per heavy atom. The van der Waals surface area contributed by atoms with E-state index in [4.69, 9.17) is 9.47 Å². The van der Waals surface area contributed by atoms with Gasteiger partial charge in [-0.15, -0.1) is 0 Å². The summed E-state index contributed by atoms with van der Waals surface area (Å²) in [6.07, 6.45) is 3.36. The molecule has 1 aliphatic heterocycles. The first-order valence-corrected chi connectivity index (χ1v) is 11.0. The number of fused-ring (bicyclic) bond motifs is 1. The van der Waals surface area contributed by atoms with E-state index in [2.05, 4.69) is 14.7 Å². The van der Waals surface area contributed by atoms with Gasteiger partial charge in [-0.05, 0) is 54.6 Å². The molecule has 31 heavy (non-hydrogen) atoms. The number of methoxy groups -OCH3 is 2. The molecule has 3 aromatic rings. The van der Waals surface area contributed by atoms with Gasteiger partial charge >= 0.3 is 6.09 Å². The van der Waals surface area contributed by atoms with Gasteiger partial charge in [0, 0.05) is 30.4 Å². The molecule has 1 amide bonds. The third kappa shape index (κ3) is 4.23. The lowest BCUT2D eigenvalue weighted by Gasteiger charge is -2.37. The second-order valence-corrected chi connectivity index (χ2v) is 8.35. The Labute approximate surface area is 185 Å². The van der Waals surface area contributed by atoms with Gasteiger partial charge in [-0.3, -0.25) is 4.98 Å². The van der Waals surface area contributed by atoms with Crippen LogP contribution in [0, 0.1) is 0 Å². The van der Waals surface area contributed by atoms with Crippen molar-refractivity contribution in [3.63, 3.8) is 0 Å². The summed E-state index contributed by atoms with van der Waals surface area (Å²) in [6, 6.07) is 8.03. The summed E-state index contributed by atoms with van der Waals surface area (Å²) in [7, 11) is 3.23. The monoisotopic (exact) mass is 442 g/mol. The number of carbonyl (C=O) groups is 1. The summed E-state index contributed by atoms with van der Waals surface area (Å²) in [5.41, 5.74) is 3.59. The maximum absolute atomic E-state index is 11.4. The molecular formula is C22H26N4O4S. The molecule has 0 radical (unpaired) electrons. The van der Waals surface area contributed by atoms with Crippen molar-refractivity contribution in [1.29, 1.82) is 0 Å². The lowest BCUT2D eigenvalue weighted by molar-refractivity contribution is 0.102. The smallest absolute Gasteiger partial charge is 0.407 e. The predicted molar refractivity (Wildman–Crippen MR) is 121 cm³/mol. The Balaban J connectivity index is 1.54. The fraction of sp³-hybridized carbons (Fsp3) is 0.409. The van der Waals surface area contributed by atoms with Gasteiger partial charge in [-0.1, -0.05) is 13.0 Å². The molecule has 2 unspecified atom stereocenters. The topological polar surface area (TPSA) is 96.8 Å². The lowest BCUT2D eigenvalue weighted by atomic mass is 9.96. The molecule has 1 fully saturated rings. The third-order valence-corrected chi connectivity index (χ3v) is 6.58. The Morgan fingerprint density at radius 2 is 2.06 bits per heavy atom. The van der Waals surface area contributed by atoms with Gasteiger partial charge in [0.05, 0.1) is 14.2 Å². The summed E-state index contributed by atoms with van der Waals surface area (Å²) in [5, 5.41) is 13.9. The van der Waals surface area contributed by atoms with E-state index in [9.17, 15) is 9.90 Å². The number of ether oxygens (including phenoxy) is 2. The molecule has 1 aliphatic rings. The van der Waals surface area contributed by atoms with Crippen molar-refractivity contribution >= 4 is 33.7 Å². The molecule has 0 aliphatic carbocycles. The molecule has 3 heterocycles. The van der Waals surface area contributed by atoms with Crippen molar-refractivity contribution in [3.05, 3.63) is 30.5 Å². The second-order valence-electron chi connectivity index (χ2n) is 7.58. The maximum atomic E-state index is 11.4. The Hall–Kier alpha value is -3.07. The number of piperidine rings is 1. The predicted octanol–water partition coefficient (Wildman–Crippen LogP) is 4.71. The number of nitrogens with zero attached hydrogens (tertiary/aromatic N) is 3. The Bertz CT molecular complexity index is 1090. The van der Waals surface area contributed by atoms with Crippen LogP contribution in [0.2, 0.25) is 0 Å². The van der Waals surface area contributed by atoms with Crippen molar-refractivity contribution in [2.45, 2.75) is 38.3 Å². The molecule has 2 atom stereocenters. The number of aromatic nitrogens is 2. The van der Waals surface area contributed by atoms with Gasteiger partial charge in [0.15, 0.2) is 11.5 Å². The quantitative estimate of drug-likeness (QED) is 0.571. The van der Waals surface area contributed by atoms with Crippen LogP contribution in [0.15, 0.2) is 30.5 Å². The van der Waals surface area contributed by atoms with Crippen molar-refractivity contribution < 1.29 is 19.4 Å². The zero-order chi connectivity index (χ0) is 22.0. The minimum absolute atomic E-state index is 0.0348. The molecule has 8 nitrogen and oxygen atoms in total. The van der Waals surface area contributed by atoms with Gasteiger partial charge < -0.3 is 24.8 Å². The molecule has 0 bridgehead atoms. The molecule has 1 saturated heterocycles. The van der Waals surface area contributed by atoms with E-state index >= 15 is 0 Å². The highest BCUT2D eigenvalue weighted by Crippen LogP contribution is 2.35. The van der Waals surface area contributed by atoms with Crippen LogP contribution < -0.4 is 14.8 Å². The van der Waals surface area contributed by atoms with E-state index in [0.717, 1.165) is 46.4 Å². The van der Waals surface area contributed by atoms with Crippen LogP contribution in [-0.4, -0.2) is 58.3 Å². The zero-order valence-corrected chi connectivity index (χ0v) is 18.6. The van der Waals surface area contributed by atoms with E-state index in [0.29, 0.717) is 18.0 Å². The van der Waals surface area contributed by atoms with E-state index < -0.39 is 6.09 Å². The number of rotatable bonds is 6. The maximum Gasteiger partial charge on any atom is 0.407 e. The molecule has 9 heteroatoms. The average molecular weight is 443 g/mol. The SMILES string of the molecule is CCC1CC(Nc2snc3cc(-c4ccc(OC)c(OC)c4)cnc23)CCN1C(=O)O. The van der Waals surface area contributed by atoms with Gasteiger partial charge in [0.1, 0.15) is 16.0 Å². The molecule has 0 saturated carbocycles. The van der Waals surface area contributed by atoms with Crippen LogP contribution in [0.4, 0.5) is 9.80 Å². The highest BCUT2D eigenvalue weighted by molar-refractivity contribution is 7.11. The van der Waals surface area contributed by atoms with Crippen LogP contribution in [0.25, 0.3) is 22.2 Å². The number of likely N-dealkylation sites (tertiary alicyclic amines) is 1. The number of pyridine rings is 1. The van der Waals surface area contributed by atoms with Crippen molar-refractivity contribution in [2.24, 2.45) is 0 Å². The van der Waals surface area contributed by atoms with Gasteiger partial charge in [-0.25, -0.2) is 4.79 Å². The van der Waals surface area contributed by atoms with Crippen LogP contribution in [0.5, 0.6) is 11.5 Å². The summed E-state index contributed by atoms with van der Waals surface area (Å²) in [4.78, 5) is 17.6. The van der Waals surface area contributed by atoms with Gasteiger partial charge in [0.2, 0.25) is 0 Å². The first kappa shape index (κ1) is 21.2. The third-order valence-electron chi connectivity index (χ3n) is 5.80. The number of anilines is 1. The van der Waals surface area contributed by atoms with E-state index in [1.807, 2.05) is 37.4 Å².